The average Bonchev–Trinajstić information content (AvgIpc) is 2.26. The molecule has 0 amide bonds. The topological polar surface area (TPSA) is 46.5 Å². The van der Waals surface area contributed by atoms with Crippen LogP contribution in [0.2, 0.25) is 5.02 Å². The van der Waals surface area contributed by atoms with E-state index in [1.54, 1.807) is 0 Å². The Balaban J connectivity index is 2.82. The van der Waals surface area contributed by atoms with Gasteiger partial charge >= 0.3 is 17.2 Å². The Morgan fingerprint density at radius 1 is 1.30 bits per heavy atom. The van der Waals surface area contributed by atoms with Crippen LogP contribution in [0.4, 0.5) is 13.2 Å². The molecule has 0 aliphatic carbocycles. The van der Waals surface area contributed by atoms with Crippen molar-refractivity contribution in [2.75, 3.05) is 0 Å². The summed E-state index contributed by atoms with van der Waals surface area (Å²) < 4.78 is 43.8. The second-order valence-electron chi connectivity index (χ2n) is 3.80. The molecule has 9 heteroatoms. The molecule has 1 aliphatic rings. The largest absolute Gasteiger partial charge is 0.478 e. The van der Waals surface area contributed by atoms with Gasteiger partial charge in [0, 0.05) is 0 Å². The fraction of sp³-hybridized carbons (Fsp3) is 0.182. The van der Waals surface area contributed by atoms with Crippen molar-refractivity contribution in [1.29, 1.82) is 0 Å². The van der Waals surface area contributed by atoms with Gasteiger partial charge in [0.15, 0.2) is 0 Å². The smallest absolute Gasteiger partial charge is 0.448 e. The third-order valence-corrected chi connectivity index (χ3v) is 3.74. The van der Waals surface area contributed by atoms with E-state index in [0.717, 1.165) is 6.07 Å². The first-order chi connectivity index (χ1) is 9.09. The zero-order valence-corrected chi connectivity index (χ0v) is 11.5. The highest BCUT2D eigenvalue weighted by Gasteiger charge is 2.64. The maximum absolute atomic E-state index is 13.1. The van der Waals surface area contributed by atoms with Crippen LogP contribution in [0.3, 0.4) is 0 Å². The van der Waals surface area contributed by atoms with E-state index in [9.17, 15) is 18.0 Å². The molecule has 0 spiro atoms. The molecule has 1 aliphatic heterocycles. The minimum atomic E-state index is -5.19. The van der Waals surface area contributed by atoms with Crippen LogP contribution < -0.4 is 4.74 Å². The lowest BCUT2D eigenvalue weighted by Crippen LogP contribution is -2.50. The maximum Gasteiger partial charge on any atom is 0.448 e. The van der Waals surface area contributed by atoms with E-state index in [-0.39, 0.29) is 16.3 Å². The van der Waals surface area contributed by atoms with Crippen LogP contribution in [0.25, 0.3) is 5.03 Å². The molecular formula is C11H4Cl3F3O3. The Morgan fingerprint density at radius 2 is 1.90 bits per heavy atom. The molecule has 0 bridgehead atoms. The van der Waals surface area contributed by atoms with Crippen molar-refractivity contribution in [3.05, 3.63) is 34.4 Å². The quantitative estimate of drug-likeness (QED) is 0.772. The van der Waals surface area contributed by atoms with E-state index >= 15 is 0 Å². The molecule has 1 heterocycles. The highest BCUT2D eigenvalue weighted by molar-refractivity contribution is 6.54. The number of halogens is 6. The first kappa shape index (κ1) is 15.3. The molecule has 1 N–H and O–H groups in total. The van der Waals surface area contributed by atoms with E-state index in [0.29, 0.717) is 0 Å². The summed E-state index contributed by atoms with van der Waals surface area (Å²) in [5.41, 5.74) is -1.47. The molecule has 1 aromatic carbocycles. The minimum absolute atomic E-state index is 0.0489. The molecule has 1 atom stereocenters. The van der Waals surface area contributed by atoms with E-state index < -0.39 is 27.8 Å². The van der Waals surface area contributed by atoms with Crippen molar-refractivity contribution < 1.29 is 27.8 Å². The number of hydrogen-bond donors (Lipinski definition) is 1. The second kappa shape index (κ2) is 4.72. The molecule has 1 unspecified atom stereocenters. The molecule has 3 nitrogen and oxygen atoms in total. The molecule has 108 valence electrons. The van der Waals surface area contributed by atoms with Gasteiger partial charge in [-0.05, 0) is 12.1 Å². The Morgan fingerprint density at radius 3 is 2.40 bits per heavy atom. The number of fused-ring (bicyclic) bond motifs is 1. The van der Waals surface area contributed by atoms with Gasteiger partial charge in [-0.25, -0.2) is 4.79 Å². The van der Waals surface area contributed by atoms with Gasteiger partial charge in [-0.3, -0.25) is 0 Å². The lowest BCUT2D eigenvalue weighted by molar-refractivity contribution is -0.204. The van der Waals surface area contributed by atoms with E-state index in [1.165, 1.54) is 12.1 Å². The van der Waals surface area contributed by atoms with Crippen molar-refractivity contribution in [3.63, 3.8) is 0 Å². The van der Waals surface area contributed by atoms with Crippen molar-refractivity contribution in [3.8, 4) is 5.75 Å². The lowest BCUT2D eigenvalue weighted by Gasteiger charge is -2.35. The zero-order valence-electron chi connectivity index (χ0n) is 9.26. The van der Waals surface area contributed by atoms with Crippen LogP contribution in [-0.4, -0.2) is 22.3 Å². The predicted molar refractivity (Wildman–Crippen MR) is 67.1 cm³/mol. The number of benzene rings is 1. The van der Waals surface area contributed by atoms with Crippen LogP contribution in [0, 0.1) is 0 Å². The van der Waals surface area contributed by atoms with Crippen LogP contribution in [0.5, 0.6) is 5.75 Å². The summed E-state index contributed by atoms with van der Waals surface area (Å²) in [6.45, 7) is 0. The summed E-state index contributed by atoms with van der Waals surface area (Å²) in [5, 5.41) is 4.64. The third-order valence-electron chi connectivity index (χ3n) is 2.56. The molecule has 0 radical (unpaired) electrons. The summed E-state index contributed by atoms with van der Waals surface area (Å²) in [6, 6.07) is 3.82. The van der Waals surface area contributed by atoms with Gasteiger partial charge in [-0.1, -0.05) is 40.9 Å². The van der Waals surface area contributed by atoms with Gasteiger partial charge in [0.05, 0.1) is 15.6 Å². The number of carboxylic acid groups (broad SMARTS) is 1. The lowest BCUT2D eigenvalue weighted by atomic mass is 10.00. The Hall–Kier alpha value is -1.11. The van der Waals surface area contributed by atoms with Crippen LogP contribution in [0.1, 0.15) is 5.56 Å². The first-order valence-electron chi connectivity index (χ1n) is 4.96. The normalized spacial score (nSPS) is 22.3. The maximum atomic E-state index is 13.1. The van der Waals surface area contributed by atoms with Crippen LogP contribution >= 0.6 is 34.8 Å². The third kappa shape index (κ3) is 2.12. The fourth-order valence-electron chi connectivity index (χ4n) is 1.70. The fourth-order valence-corrected chi connectivity index (χ4v) is 2.73. The van der Waals surface area contributed by atoms with Crippen molar-refractivity contribution in [2.45, 2.75) is 11.2 Å². The Bertz CT molecular complexity index is 627. The number of hydrogen-bond acceptors (Lipinski definition) is 2. The van der Waals surface area contributed by atoms with Crippen molar-refractivity contribution in [2.24, 2.45) is 0 Å². The molecule has 2 rings (SSSR count). The number of ether oxygens (including phenoxy) is 1. The van der Waals surface area contributed by atoms with Gasteiger partial charge in [-0.2, -0.15) is 13.2 Å². The first-order valence-corrected chi connectivity index (χ1v) is 6.10. The summed E-state index contributed by atoms with van der Waals surface area (Å²) in [7, 11) is 0. The van der Waals surface area contributed by atoms with E-state index in [4.69, 9.17) is 39.9 Å². The van der Waals surface area contributed by atoms with E-state index in [2.05, 4.69) is 4.74 Å². The monoisotopic (exact) mass is 346 g/mol. The highest BCUT2D eigenvalue weighted by atomic mass is 35.5. The summed E-state index contributed by atoms with van der Waals surface area (Å²) >= 11 is 16.9. The number of carboxylic acids is 1. The van der Waals surface area contributed by atoms with Gasteiger partial charge in [0.1, 0.15) is 11.3 Å². The van der Waals surface area contributed by atoms with Gasteiger partial charge in [-0.15, -0.1) is 0 Å². The molecule has 0 saturated carbocycles. The summed E-state index contributed by atoms with van der Waals surface area (Å²) in [5.74, 6) is -2.30. The molecule has 0 saturated heterocycles. The Kier molecular flexibility index (Phi) is 3.60. The summed E-state index contributed by atoms with van der Waals surface area (Å²) in [4.78, 5) is 11.1. The van der Waals surface area contributed by atoms with Crippen LogP contribution in [-0.2, 0) is 4.79 Å². The average molecular weight is 348 g/mol. The van der Waals surface area contributed by atoms with E-state index in [1.807, 2.05) is 0 Å². The Labute approximate surface area is 125 Å². The number of carbonyl (C=O) groups is 1. The van der Waals surface area contributed by atoms with Crippen LogP contribution in [0.15, 0.2) is 23.8 Å². The molecule has 20 heavy (non-hydrogen) atoms. The SMILES string of the molecule is O=C(O)C1=C(Cl)c2c(Cl)cccc2OC1(Cl)C(F)(F)F. The molecular weight excluding hydrogens is 343 g/mol. The van der Waals surface area contributed by atoms with Gasteiger partial charge < -0.3 is 9.84 Å². The summed E-state index contributed by atoms with van der Waals surface area (Å²) in [6.07, 6.45) is -5.19. The number of alkyl halides is 4. The minimum Gasteiger partial charge on any atom is -0.478 e. The zero-order chi connectivity index (χ0) is 15.3. The number of rotatable bonds is 1. The molecule has 0 aromatic heterocycles. The van der Waals surface area contributed by atoms with Crippen molar-refractivity contribution >= 4 is 45.8 Å². The second-order valence-corrected chi connectivity index (χ2v) is 5.12. The van der Waals surface area contributed by atoms with Gasteiger partial charge in [0.2, 0.25) is 0 Å². The standard InChI is InChI=1S/C11H4Cl3F3O3/c12-4-2-1-3-5-6(4)8(13)7(9(18)19)10(14,20-5)11(15,16)17/h1-3H,(H,18,19). The number of aliphatic carboxylic acids is 1. The predicted octanol–water partition coefficient (Wildman–Crippen LogP) is 4.26. The van der Waals surface area contributed by atoms with Gasteiger partial charge in [0.25, 0.3) is 0 Å². The molecule has 0 fully saturated rings. The van der Waals surface area contributed by atoms with Crippen molar-refractivity contribution in [1.82, 2.24) is 0 Å². The highest BCUT2D eigenvalue weighted by Crippen LogP contribution is 2.53. The molecule has 1 aromatic rings.